The fraction of sp³-hybridized carbons (Fsp3) is 0.357. The molecule has 19 heavy (non-hydrogen) atoms. The van der Waals surface area contributed by atoms with Gasteiger partial charge in [0, 0.05) is 30.5 Å². The molecule has 1 atom stereocenters. The predicted molar refractivity (Wildman–Crippen MR) is 72.7 cm³/mol. The van der Waals surface area contributed by atoms with Gasteiger partial charge in [0.15, 0.2) is 0 Å². The maximum absolute atomic E-state index is 13.8. The molecule has 1 unspecified atom stereocenters. The average molecular weight is 262 g/mol. The van der Waals surface area contributed by atoms with Gasteiger partial charge in [-0.1, -0.05) is 17.7 Å². The first-order valence-electron chi connectivity index (χ1n) is 6.31. The largest absolute Gasteiger partial charge is 0.273 e. The van der Waals surface area contributed by atoms with Crippen LogP contribution in [-0.2, 0) is 13.5 Å². The molecule has 1 aromatic heterocycles. The zero-order chi connectivity index (χ0) is 13.8. The quantitative estimate of drug-likeness (QED) is 0.640. The highest BCUT2D eigenvalue weighted by Crippen LogP contribution is 2.22. The van der Waals surface area contributed by atoms with Crippen LogP contribution in [0.5, 0.6) is 0 Å². The summed E-state index contributed by atoms with van der Waals surface area (Å²) in [6.45, 7) is 1.94. The van der Waals surface area contributed by atoms with Crippen molar-refractivity contribution in [3.63, 3.8) is 0 Å². The molecule has 0 aliphatic carbocycles. The Balaban J connectivity index is 2.12. The van der Waals surface area contributed by atoms with Gasteiger partial charge in [-0.2, -0.15) is 5.10 Å². The van der Waals surface area contributed by atoms with Gasteiger partial charge < -0.3 is 0 Å². The molecule has 102 valence electrons. The van der Waals surface area contributed by atoms with Crippen LogP contribution in [0.1, 0.15) is 29.3 Å². The summed E-state index contributed by atoms with van der Waals surface area (Å²) in [5, 5.41) is 4.12. The Morgan fingerprint density at radius 3 is 2.84 bits per heavy atom. The van der Waals surface area contributed by atoms with Gasteiger partial charge in [0.2, 0.25) is 0 Å². The number of aryl methyl sites for hydroxylation is 3. The third kappa shape index (κ3) is 3.19. The van der Waals surface area contributed by atoms with Crippen LogP contribution in [0.3, 0.4) is 0 Å². The van der Waals surface area contributed by atoms with Crippen LogP contribution in [0.4, 0.5) is 4.39 Å². The Kier molecular flexibility index (Phi) is 4.29. The van der Waals surface area contributed by atoms with Crippen LogP contribution in [0.2, 0.25) is 0 Å². The second kappa shape index (κ2) is 5.95. The van der Waals surface area contributed by atoms with E-state index in [2.05, 4.69) is 10.5 Å². The van der Waals surface area contributed by atoms with E-state index >= 15 is 0 Å². The molecular weight excluding hydrogens is 243 g/mol. The molecule has 0 amide bonds. The van der Waals surface area contributed by atoms with E-state index in [9.17, 15) is 4.39 Å². The van der Waals surface area contributed by atoms with E-state index in [1.807, 2.05) is 30.8 Å². The van der Waals surface area contributed by atoms with Crippen molar-refractivity contribution in [2.24, 2.45) is 12.9 Å². The Morgan fingerprint density at radius 1 is 1.42 bits per heavy atom. The van der Waals surface area contributed by atoms with Crippen molar-refractivity contribution in [3.8, 4) is 0 Å². The summed E-state index contributed by atoms with van der Waals surface area (Å²) in [4.78, 5) is 0. The zero-order valence-electron chi connectivity index (χ0n) is 11.2. The molecular formula is C14H19FN4. The standard InChI is InChI=1S/C14H19FN4/c1-10-3-5-13(15)12(9-10)14(18-16)6-4-11-7-8-17-19(11)2/h3,5,7-9,14,18H,4,6,16H2,1-2H3. The molecule has 0 aliphatic heterocycles. The van der Waals surface area contributed by atoms with Gasteiger partial charge in [-0.3, -0.25) is 16.0 Å². The van der Waals surface area contributed by atoms with Crippen LogP contribution in [-0.4, -0.2) is 9.78 Å². The first-order chi connectivity index (χ1) is 9.11. The van der Waals surface area contributed by atoms with Gasteiger partial charge in [0.1, 0.15) is 5.82 Å². The van der Waals surface area contributed by atoms with E-state index in [1.165, 1.54) is 6.07 Å². The number of nitrogens with zero attached hydrogens (tertiary/aromatic N) is 2. The molecule has 0 aliphatic rings. The Bertz CT molecular complexity index is 550. The minimum absolute atomic E-state index is 0.199. The highest BCUT2D eigenvalue weighted by atomic mass is 19.1. The van der Waals surface area contributed by atoms with Crippen molar-refractivity contribution in [1.82, 2.24) is 15.2 Å². The van der Waals surface area contributed by atoms with Crippen LogP contribution in [0.15, 0.2) is 30.5 Å². The maximum atomic E-state index is 13.8. The van der Waals surface area contributed by atoms with E-state index in [-0.39, 0.29) is 11.9 Å². The van der Waals surface area contributed by atoms with Crippen LogP contribution >= 0.6 is 0 Å². The number of nitrogens with two attached hydrogens (primary N) is 1. The Labute approximate surface area is 112 Å². The highest BCUT2D eigenvalue weighted by molar-refractivity contribution is 5.27. The first kappa shape index (κ1) is 13.7. The summed E-state index contributed by atoms with van der Waals surface area (Å²) in [6, 6.07) is 6.84. The van der Waals surface area contributed by atoms with E-state index in [1.54, 1.807) is 12.3 Å². The summed E-state index contributed by atoms with van der Waals surface area (Å²) in [5.41, 5.74) is 5.44. The van der Waals surface area contributed by atoms with E-state index in [0.717, 1.165) is 24.1 Å². The van der Waals surface area contributed by atoms with Gasteiger partial charge in [-0.15, -0.1) is 0 Å². The molecule has 2 rings (SSSR count). The monoisotopic (exact) mass is 262 g/mol. The lowest BCUT2D eigenvalue weighted by Gasteiger charge is -2.17. The summed E-state index contributed by atoms with van der Waals surface area (Å²) in [7, 11) is 1.90. The average Bonchev–Trinajstić information content (AvgIpc) is 2.80. The third-order valence-electron chi connectivity index (χ3n) is 3.34. The molecule has 1 aromatic carbocycles. The number of nitrogens with one attached hydrogen (secondary N) is 1. The molecule has 0 bridgehead atoms. The van der Waals surface area contributed by atoms with E-state index in [0.29, 0.717) is 5.56 Å². The Hall–Kier alpha value is -1.72. The molecule has 0 saturated carbocycles. The van der Waals surface area contributed by atoms with Crippen LogP contribution < -0.4 is 11.3 Å². The molecule has 4 nitrogen and oxygen atoms in total. The third-order valence-corrected chi connectivity index (χ3v) is 3.34. The van der Waals surface area contributed by atoms with Gasteiger partial charge in [-0.25, -0.2) is 4.39 Å². The second-order valence-corrected chi connectivity index (χ2v) is 4.73. The maximum Gasteiger partial charge on any atom is 0.128 e. The lowest BCUT2D eigenvalue weighted by atomic mass is 9.99. The fourth-order valence-electron chi connectivity index (χ4n) is 2.20. The molecule has 0 fully saturated rings. The molecule has 5 heteroatoms. The summed E-state index contributed by atoms with van der Waals surface area (Å²) in [6.07, 6.45) is 3.27. The van der Waals surface area contributed by atoms with E-state index in [4.69, 9.17) is 5.84 Å². The van der Waals surface area contributed by atoms with E-state index < -0.39 is 0 Å². The zero-order valence-corrected chi connectivity index (χ0v) is 11.2. The van der Waals surface area contributed by atoms with Gasteiger partial charge in [0.25, 0.3) is 0 Å². The minimum atomic E-state index is -0.224. The summed E-state index contributed by atoms with van der Waals surface area (Å²) in [5.74, 6) is 5.34. The lowest BCUT2D eigenvalue weighted by molar-refractivity contribution is 0.479. The topological polar surface area (TPSA) is 55.9 Å². The van der Waals surface area contributed by atoms with Gasteiger partial charge in [0.05, 0.1) is 0 Å². The Morgan fingerprint density at radius 2 is 2.21 bits per heavy atom. The SMILES string of the molecule is Cc1ccc(F)c(C(CCc2ccnn2C)NN)c1. The fourth-order valence-corrected chi connectivity index (χ4v) is 2.20. The molecule has 0 radical (unpaired) electrons. The van der Waals surface area contributed by atoms with Crippen molar-refractivity contribution < 1.29 is 4.39 Å². The first-order valence-corrected chi connectivity index (χ1v) is 6.31. The number of hydrazine groups is 1. The van der Waals surface area contributed by atoms with Crippen molar-refractivity contribution in [2.45, 2.75) is 25.8 Å². The number of benzene rings is 1. The molecule has 1 heterocycles. The number of hydrogen-bond donors (Lipinski definition) is 2. The molecule has 2 aromatic rings. The highest BCUT2D eigenvalue weighted by Gasteiger charge is 2.15. The van der Waals surface area contributed by atoms with Crippen molar-refractivity contribution in [1.29, 1.82) is 0 Å². The normalized spacial score (nSPS) is 12.6. The second-order valence-electron chi connectivity index (χ2n) is 4.73. The molecule has 0 saturated heterocycles. The minimum Gasteiger partial charge on any atom is -0.273 e. The van der Waals surface area contributed by atoms with Crippen LogP contribution in [0.25, 0.3) is 0 Å². The number of hydrogen-bond acceptors (Lipinski definition) is 3. The smallest absolute Gasteiger partial charge is 0.128 e. The van der Waals surface area contributed by atoms with Crippen molar-refractivity contribution in [3.05, 3.63) is 53.1 Å². The summed E-state index contributed by atoms with van der Waals surface area (Å²) < 4.78 is 15.7. The number of aromatic nitrogens is 2. The lowest BCUT2D eigenvalue weighted by Crippen LogP contribution is -2.29. The van der Waals surface area contributed by atoms with Crippen molar-refractivity contribution >= 4 is 0 Å². The summed E-state index contributed by atoms with van der Waals surface area (Å²) >= 11 is 0. The van der Waals surface area contributed by atoms with Crippen LogP contribution in [0, 0.1) is 12.7 Å². The number of halogens is 1. The molecule has 3 N–H and O–H groups in total. The predicted octanol–water partition coefficient (Wildman–Crippen LogP) is 2.00. The van der Waals surface area contributed by atoms with Gasteiger partial charge >= 0.3 is 0 Å². The number of rotatable bonds is 5. The van der Waals surface area contributed by atoms with Crippen molar-refractivity contribution in [2.75, 3.05) is 0 Å². The molecule has 0 spiro atoms. The van der Waals surface area contributed by atoms with Gasteiger partial charge in [-0.05, 0) is 31.9 Å².